The first-order valence-corrected chi connectivity index (χ1v) is 7.93. The van der Waals surface area contributed by atoms with Crippen molar-refractivity contribution in [1.82, 2.24) is 0 Å². The zero-order valence-corrected chi connectivity index (χ0v) is 12.8. The Hall–Kier alpha value is -0.210. The fraction of sp³-hybridized carbons (Fsp3) is 0.286. The normalized spacial score (nSPS) is 11.7. The van der Waals surface area contributed by atoms with E-state index in [2.05, 4.69) is 11.4 Å². The molecule has 1 aromatic carbocycles. The van der Waals surface area contributed by atoms with Gasteiger partial charge in [0.1, 0.15) is 0 Å². The highest BCUT2D eigenvalue weighted by Gasteiger charge is 2.31. The molecule has 0 saturated carbocycles. The first-order chi connectivity index (χ1) is 8.70. The molecule has 0 bridgehead atoms. The molecule has 0 aliphatic heterocycles. The summed E-state index contributed by atoms with van der Waals surface area (Å²) in [5.41, 5.74) is 0.854. The van der Waals surface area contributed by atoms with Crippen molar-refractivity contribution in [3.05, 3.63) is 57.2 Å². The van der Waals surface area contributed by atoms with Crippen molar-refractivity contribution in [2.75, 3.05) is 11.8 Å². The number of alkyl halides is 2. The summed E-state index contributed by atoms with van der Waals surface area (Å²) in [6.07, 6.45) is 0.845. The third kappa shape index (κ3) is 3.03. The van der Waals surface area contributed by atoms with Gasteiger partial charge >= 0.3 is 0 Å². The molecule has 1 heterocycles. The molecule has 0 fully saturated rings. The average Bonchev–Trinajstić information content (AvgIpc) is 2.89. The molecular formula is C14H13Cl3S. The molecule has 0 N–H and O–H groups in total. The lowest BCUT2D eigenvalue weighted by atomic mass is 9.80. The highest BCUT2D eigenvalue weighted by atomic mass is 35.5. The lowest BCUT2D eigenvalue weighted by Crippen LogP contribution is -2.33. The van der Waals surface area contributed by atoms with Crippen LogP contribution in [0.2, 0.25) is 5.02 Å². The minimum Gasteiger partial charge on any atom is -0.149 e. The maximum absolute atomic E-state index is 6.21. The first-order valence-electron chi connectivity index (χ1n) is 5.60. The molecule has 0 aliphatic carbocycles. The lowest BCUT2D eigenvalue weighted by Gasteiger charge is -2.30. The Bertz CT molecular complexity index is 490. The standard InChI is InChI=1S/C14H13Cl3S/c15-9-14(10-16,8-13-5-2-6-18-13)11-3-1-4-12(17)7-11/h1-7H,8-10H2. The van der Waals surface area contributed by atoms with E-state index in [1.165, 1.54) is 4.88 Å². The van der Waals surface area contributed by atoms with E-state index < -0.39 is 0 Å². The Balaban J connectivity index is 2.37. The average molecular weight is 320 g/mol. The molecular weight excluding hydrogens is 307 g/mol. The Kier molecular flexibility index (Phi) is 4.97. The van der Waals surface area contributed by atoms with E-state index in [-0.39, 0.29) is 5.41 Å². The molecule has 0 nitrogen and oxygen atoms in total. The summed E-state index contributed by atoms with van der Waals surface area (Å²) in [6.45, 7) is 0. The van der Waals surface area contributed by atoms with E-state index in [0.29, 0.717) is 11.8 Å². The van der Waals surface area contributed by atoms with Crippen molar-refractivity contribution >= 4 is 46.1 Å². The molecule has 0 amide bonds. The third-order valence-electron chi connectivity index (χ3n) is 3.04. The van der Waals surface area contributed by atoms with E-state index in [0.717, 1.165) is 17.0 Å². The maximum Gasteiger partial charge on any atom is 0.0408 e. The highest BCUT2D eigenvalue weighted by molar-refractivity contribution is 7.09. The predicted octanol–water partition coefficient (Wildman–Crippen LogP) is 5.36. The minimum absolute atomic E-state index is 0.251. The van der Waals surface area contributed by atoms with Crippen molar-refractivity contribution in [3.8, 4) is 0 Å². The quantitative estimate of drug-likeness (QED) is 0.651. The molecule has 4 heteroatoms. The van der Waals surface area contributed by atoms with Gasteiger partial charge in [0, 0.05) is 27.1 Å². The smallest absolute Gasteiger partial charge is 0.0408 e. The fourth-order valence-electron chi connectivity index (χ4n) is 1.95. The van der Waals surface area contributed by atoms with E-state index >= 15 is 0 Å². The Morgan fingerprint density at radius 2 is 1.83 bits per heavy atom. The summed E-state index contributed by atoms with van der Waals surface area (Å²) >= 11 is 20.2. The van der Waals surface area contributed by atoms with Crippen LogP contribution in [-0.4, -0.2) is 11.8 Å². The molecule has 1 aromatic heterocycles. The second-order valence-electron chi connectivity index (χ2n) is 4.31. The summed E-state index contributed by atoms with van der Waals surface area (Å²) in [5.74, 6) is 0.962. The first kappa shape index (κ1) is 14.2. The Morgan fingerprint density at radius 1 is 1.06 bits per heavy atom. The van der Waals surface area contributed by atoms with Gasteiger partial charge in [0.15, 0.2) is 0 Å². The molecule has 0 unspecified atom stereocenters. The highest BCUT2D eigenvalue weighted by Crippen LogP contribution is 2.34. The number of thiophene rings is 1. The van der Waals surface area contributed by atoms with E-state index in [9.17, 15) is 0 Å². The van der Waals surface area contributed by atoms with E-state index in [4.69, 9.17) is 34.8 Å². The van der Waals surface area contributed by atoms with Gasteiger partial charge in [-0.3, -0.25) is 0 Å². The van der Waals surface area contributed by atoms with Crippen LogP contribution >= 0.6 is 46.1 Å². The fourth-order valence-corrected chi connectivity index (χ4v) is 3.77. The van der Waals surface area contributed by atoms with Crippen LogP contribution in [-0.2, 0) is 11.8 Å². The predicted molar refractivity (Wildman–Crippen MR) is 82.6 cm³/mol. The molecule has 18 heavy (non-hydrogen) atoms. The molecule has 0 aliphatic rings. The number of benzene rings is 1. The molecule has 0 spiro atoms. The minimum atomic E-state index is -0.251. The van der Waals surface area contributed by atoms with Crippen LogP contribution in [0.25, 0.3) is 0 Å². The van der Waals surface area contributed by atoms with Gasteiger partial charge in [-0.1, -0.05) is 29.8 Å². The van der Waals surface area contributed by atoms with Crippen molar-refractivity contribution in [2.24, 2.45) is 0 Å². The second-order valence-corrected chi connectivity index (χ2v) is 6.32. The molecule has 2 rings (SSSR count). The maximum atomic E-state index is 6.21. The van der Waals surface area contributed by atoms with E-state index in [1.54, 1.807) is 11.3 Å². The monoisotopic (exact) mass is 318 g/mol. The van der Waals surface area contributed by atoms with E-state index in [1.807, 2.05) is 30.3 Å². The van der Waals surface area contributed by atoms with Crippen LogP contribution in [0.15, 0.2) is 41.8 Å². The Labute approximate surface area is 126 Å². The van der Waals surface area contributed by atoms with Crippen LogP contribution in [0.1, 0.15) is 10.4 Å². The summed E-state index contributed by atoms with van der Waals surface area (Å²) in [5, 5.41) is 2.79. The van der Waals surface area contributed by atoms with Gasteiger partial charge in [-0.25, -0.2) is 0 Å². The van der Waals surface area contributed by atoms with Gasteiger partial charge in [0.2, 0.25) is 0 Å². The van der Waals surface area contributed by atoms with Crippen LogP contribution in [0.4, 0.5) is 0 Å². The largest absolute Gasteiger partial charge is 0.149 e. The van der Waals surface area contributed by atoms with Crippen LogP contribution < -0.4 is 0 Å². The topological polar surface area (TPSA) is 0 Å². The van der Waals surface area contributed by atoms with Gasteiger partial charge in [-0.05, 0) is 35.6 Å². The van der Waals surface area contributed by atoms with Crippen molar-refractivity contribution in [2.45, 2.75) is 11.8 Å². The lowest BCUT2D eigenvalue weighted by molar-refractivity contribution is 0.541. The van der Waals surface area contributed by atoms with Gasteiger partial charge < -0.3 is 0 Å². The number of halogens is 3. The van der Waals surface area contributed by atoms with Crippen LogP contribution in [0, 0.1) is 0 Å². The van der Waals surface area contributed by atoms with Gasteiger partial charge in [0.05, 0.1) is 0 Å². The molecule has 0 atom stereocenters. The molecule has 96 valence electrons. The SMILES string of the molecule is ClCC(CCl)(Cc1cccs1)c1cccc(Cl)c1. The van der Waals surface area contributed by atoms with Gasteiger partial charge in [-0.2, -0.15) is 0 Å². The van der Waals surface area contributed by atoms with Crippen molar-refractivity contribution in [3.63, 3.8) is 0 Å². The summed E-state index contributed by atoms with van der Waals surface area (Å²) in [6, 6.07) is 12.0. The summed E-state index contributed by atoms with van der Waals surface area (Å²) in [4.78, 5) is 1.29. The number of hydrogen-bond acceptors (Lipinski definition) is 1. The van der Waals surface area contributed by atoms with Gasteiger partial charge in [-0.15, -0.1) is 34.5 Å². The molecule has 2 aromatic rings. The molecule has 0 saturated heterocycles. The molecule has 0 radical (unpaired) electrons. The van der Waals surface area contributed by atoms with Gasteiger partial charge in [0.25, 0.3) is 0 Å². The number of hydrogen-bond donors (Lipinski definition) is 0. The zero-order valence-electron chi connectivity index (χ0n) is 9.70. The third-order valence-corrected chi connectivity index (χ3v) is 5.18. The van der Waals surface area contributed by atoms with Crippen molar-refractivity contribution < 1.29 is 0 Å². The number of rotatable bonds is 5. The summed E-state index contributed by atoms with van der Waals surface area (Å²) < 4.78 is 0. The van der Waals surface area contributed by atoms with Crippen LogP contribution in [0.3, 0.4) is 0 Å². The zero-order chi connectivity index (χ0) is 13.0. The van der Waals surface area contributed by atoms with Crippen molar-refractivity contribution in [1.29, 1.82) is 0 Å². The Morgan fingerprint density at radius 3 is 2.39 bits per heavy atom. The summed E-state index contributed by atoms with van der Waals surface area (Å²) in [7, 11) is 0. The van der Waals surface area contributed by atoms with Crippen LogP contribution in [0.5, 0.6) is 0 Å². The second kappa shape index (κ2) is 6.29.